The number of carbonyl (C=O) groups is 1. The lowest BCUT2D eigenvalue weighted by molar-refractivity contribution is 0.0762. The molecule has 1 aliphatic carbocycles. The second kappa shape index (κ2) is 7.49. The van der Waals surface area contributed by atoms with E-state index in [0.29, 0.717) is 6.04 Å². The van der Waals surface area contributed by atoms with Gasteiger partial charge in [0.2, 0.25) is 0 Å². The predicted molar refractivity (Wildman–Crippen MR) is 106 cm³/mol. The average Bonchev–Trinajstić information content (AvgIpc) is 3.16. The molecule has 1 aromatic heterocycles. The minimum atomic E-state index is 0.184. The summed E-state index contributed by atoms with van der Waals surface area (Å²) in [4.78, 5) is 23.1. The van der Waals surface area contributed by atoms with Crippen LogP contribution in [0, 0.1) is 6.92 Å². The number of amides is 1. The van der Waals surface area contributed by atoms with Crippen LogP contribution in [0.15, 0.2) is 24.3 Å². The highest BCUT2D eigenvalue weighted by Gasteiger charge is 2.30. The van der Waals surface area contributed by atoms with Crippen molar-refractivity contribution < 1.29 is 4.79 Å². The molecule has 0 unspecified atom stereocenters. The maximum atomic E-state index is 13.0. The molecule has 4 nitrogen and oxygen atoms in total. The molecule has 1 aromatic carbocycles. The van der Waals surface area contributed by atoms with Crippen molar-refractivity contribution in [3.05, 3.63) is 51.0 Å². The van der Waals surface area contributed by atoms with Crippen LogP contribution in [-0.4, -0.2) is 52.9 Å². The van der Waals surface area contributed by atoms with Crippen molar-refractivity contribution in [1.82, 2.24) is 14.8 Å². The zero-order chi connectivity index (χ0) is 18.1. The largest absolute Gasteiger partial charge is 0.337 e. The Morgan fingerprint density at radius 1 is 1.15 bits per heavy atom. The first-order valence-electron chi connectivity index (χ1n) is 9.72. The van der Waals surface area contributed by atoms with Gasteiger partial charge in [0.1, 0.15) is 4.88 Å². The Hall–Kier alpha value is -1.72. The molecule has 0 spiro atoms. The highest BCUT2D eigenvalue weighted by Crippen LogP contribution is 2.27. The number of aryl methyl sites for hydroxylation is 2. The number of hydrogen-bond acceptors (Lipinski definition) is 4. The molecule has 2 aromatic rings. The first kappa shape index (κ1) is 17.7. The SMILES string of the molecule is CCc1nc(C)sc1C(=O)N1CCCN(C2Cc3ccccc3C2)CC1. The van der Waals surface area contributed by atoms with Crippen molar-refractivity contribution >= 4 is 17.2 Å². The second-order valence-electron chi connectivity index (χ2n) is 7.37. The Kier molecular flexibility index (Phi) is 5.09. The molecule has 0 N–H and O–H groups in total. The van der Waals surface area contributed by atoms with Gasteiger partial charge in [0.25, 0.3) is 5.91 Å². The van der Waals surface area contributed by atoms with Gasteiger partial charge >= 0.3 is 0 Å². The van der Waals surface area contributed by atoms with Crippen LogP contribution < -0.4 is 0 Å². The summed E-state index contributed by atoms with van der Waals surface area (Å²) in [6.07, 6.45) is 4.18. The first-order valence-corrected chi connectivity index (χ1v) is 10.5. The number of carbonyl (C=O) groups excluding carboxylic acids is 1. The molecule has 26 heavy (non-hydrogen) atoms. The predicted octanol–water partition coefficient (Wildman–Crippen LogP) is 3.33. The van der Waals surface area contributed by atoms with E-state index in [1.54, 1.807) is 11.3 Å². The van der Waals surface area contributed by atoms with Crippen molar-refractivity contribution in [2.75, 3.05) is 26.2 Å². The number of fused-ring (bicyclic) bond motifs is 1. The Bertz CT molecular complexity index is 775. The summed E-state index contributed by atoms with van der Waals surface area (Å²) in [6, 6.07) is 9.42. The van der Waals surface area contributed by atoms with Crippen LogP contribution in [0.4, 0.5) is 0 Å². The third kappa shape index (κ3) is 3.42. The molecule has 1 saturated heterocycles. The Morgan fingerprint density at radius 3 is 2.58 bits per heavy atom. The van der Waals surface area contributed by atoms with E-state index < -0.39 is 0 Å². The number of benzene rings is 1. The van der Waals surface area contributed by atoms with E-state index in [-0.39, 0.29) is 5.91 Å². The van der Waals surface area contributed by atoms with Gasteiger partial charge in [-0.05, 0) is 43.7 Å². The van der Waals surface area contributed by atoms with Crippen LogP contribution in [0.2, 0.25) is 0 Å². The van der Waals surface area contributed by atoms with Gasteiger partial charge in [-0.15, -0.1) is 11.3 Å². The van der Waals surface area contributed by atoms with Gasteiger partial charge in [0, 0.05) is 32.2 Å². The molecule has 1 aliphatic heterocycles. The zero-order valence-electron chi connectivity index (χ0n) is 15.7. The molecule has 2 heterocycles. The first-order chi connectivity index (χ1) is 12.7. The van der Waals surface area contributed by atoms with E-state index >= 15 is 0 Å². The third-order valence-electron chi connectivity index (χ3n) is 5.70. The van der Waals surface area contributed by atoms with Gasteiger partial charge in [-0.1, -0.05) is 31.2 Å². The lowest BCUT2D eigenvalue weighted by Crippen LogP contribution is -2.40. The molecule has 138 valence electrons. The van der Waals surface area contributed by atoms with Gasteiger partial charge in [-0.3, -0.25) is 9.69 Å². The van der Waals surface area contributed by atoms with E-state index in [1.165, 1.54) is 11.1 Å². The summed E-state index contributed by atoms with van der Waals surface area (Å²) >= 11 is 1.55. The lowest BCUT2D eigenvalue weighted by Gasteiger charge is -2.27. The average molecular weight is 370 g/mol. The number of hydrogen-bond donors (Lipinski definition) is 0. The molecule has 5 heteroatoms. The number of nitrogens with zero attached hydrogens (tertiary/aromatic N) is 3. The smallest absolute Gasteiger partial charge is 0.265 e. The maximum absolute atomic E-state index is 13.0. The number of aromatic nitrogens is 1. The monoisotopic (exact) mass is 369 g/mol. The van der Waals surface area contributed by atoms with Crippen molar-refractivity contribution in [3.8, 4) is 0 Å². The molecule has 0 radical (unpaired) electrons. The fourth-order valence-corrected chi connectivity index (χ4v) is 5.30. The van der Waals surface area contributed by atoms with Crippen LogP contribution in [-0.2, 0) is 19.3 Å². The summed E-state index contributed by atoms with van der Waals surface area (Å²) < 4.78 is 0. The number of rotatable bonds is 3. The van der Waals surface area contributed by atoms with E-state index in [9.17, 15) is 4.79 Å². The highest BCUT2D eigenvalue weighted by atomic mass is 32.1. The molecule has 1 amide bonds. The normalized spacial score (nSPS) is 18.8. The van der Waals surface area contributed by atoms with Gasteiger partial charge < -0.3 is 4.90 Å². The molecular weight excluding hydrogens is 342 g/mol. The van der Waals surface area contributed by atoms with Gasteiger partial charge in [0.15, 0.2) is 0 Å². The summed E-state index contributed by atoms with van der Waals surface area (Å²) in [5.41, 5.74) is 3.97. The van der Waals surface area contributed by atoms with Crippen LogP contribution in [0.3, 0.4) is 0 Å². The molecular formula is C21H27N3OS. The zero-order valence-corrected chi connectivity index (χ0v) is 16.5. The van der Waals surface area contributed by atoms with Crippen molar-refractivity contribution in [3.63, 3.8) is 0 Å². The number of thiazole rings is 1. The fraction of sp³-hybridized carbons (Fsp3) is 0.524. The highest BCUT2D eigenvalue weighted by molar-refractivity contribution is 7.13. The maximum Gasteiger partial charge on any atom is 0.265 e. The van der Waals surface area contributed by atoms with E-state index in [2.05, 4.69) is 41.1 Å². The molecule has 0 bridgehead atoms. The minimum absolute atomic E-state index is 0.184. The van der Waals surface area contributed by atoms with Gasteiger partial charge in [0.05, 0.1) is 10.7 Å². The summed E-state index contributed by atoms with van der Waals surface area (Å²) in [5, 5.41) is 0.991. The molecule has 0 atom stereocenters. The third-order valence-corrected chi connectivity index (χ3v) is 6.70. The topological polar surface area (TPSA) is 36.4 Å². The van der Waals surface area contributed by atoms with Crippen molar-refractivity contribution in [2.24, 2.45) is 0 Å². The van der Waals surface area contributed by atoms with Crippen LogP contribution in [0.1, 0.15) is 44.8 Å². The summed E-state index contributed by atoms with van der Waals surface area (Å²) in [5.74, 6) is 0.184. The van der Waals surface area contributed by atoms with Gasteiger partial charge in [-0.2, -0.15) is 0 Å². The van der Waals surface area contributed by atoms with Crippen LogP contribution in [0.5, 0.6) is 0 Å². The van der Waals surface area contributed by atoms with Crippen LogP contribution in [0.25, 0.3) is 0 Å². The second-order valence-corrected chi connectivity index (χ2v) is 8.58. The van der Waals surface area contributed by atoms with E-state index in [1.807, 2.05) is 11.8 Å². The van der Waals surface area contributed by atoms with Crippen LogP contribution >= 0.6 is 11.3 Å². The summed E-state index contributed by atoms with van der Waals surface area (Å²) in [7, 11) is 0. The minimum Gasteiger partial charge on any atom is -0.337 e. The molecule has 0 saturated carbocycles. The molecule has 4 rings (SSSR count). The lowest BCUT2D eigenvalue weighted by atomic mass is 10.1. The van der Waals surface area contributed by atoms with E-state index in [4.69, 9.17) is 0 Å². The Labute approximate surface area is 159 Å². The van der Waals surface area contributed by atoms with Crippen molar-refractivity contribution in [2.45, 2.75) is 45.6 Å². The quantitative estimate of drug-likeness (QED) is 0.833. The Balaban J connectivity index is 1.42. The summed E-state index contributed by atoms with van der Waals surface area (Å²) in [6.45, 7) is 7.81. The standard InChI is InChI=1S/C21H27N3OS/c1-3-19-20(26-15(2)22-19)21(25)24-10-6-9-23(11-12-24)18-13-16-7-4-5-8-17(16)14-18/h4-5,7-8,18H,3,6,9-14H2,1-2H3. The van der Waals surface area contributed by atoms with Gasteiger partial charge in [-0.25, -0.2) is 4.98 Å². The Morgan fingerprint density at radius 2 is 1.88 bits per heavy atom. The fourth-order valence-electron chi connectivity index (χ4n) is 4.32. The molecule has 1 fully saturated rings. The molecule has 2 aliphatic rings. The van der Waals surface area contributed by atoms with Crippen molar-refractivity contribution in [1.29, 1.82) is 0 Å². The van der Waals surface area contributed by atoms with E-state index in [0.717, 1.165) is 67.4 Å².